The van der Waals surface area contributed by atoms with Crippen molar-refractivity contribution in [2.24, 2.45) is 0 Å². The third-order valence-electron chi connectivity index (χ3n) is 10.2. The van der Waals surface area contributed by atoms with Crippen molar-refractivity contribution in [2.75, 3.05) is 41.0 Å². The Morgan fingerprint density at radius 1 is 0.547 bits per heavy atom. The van der Waals surface area contributed by atoms with E-state index >= 15 is 0 Å². The number of allylic oxidation sites excluding steroid dienone is 2. The Balaban J connectivity index is 4.33. The third-order valence-corrected chi connectivity index (χ3v) is 10.2. The second-order valence-corrected chi connectivity index (χ2v) is 16.3. The molecule has 0 rings (SSSR count). The molecule has 1 N–H and O–H groups in total. The highest BCUT2D eigenvalue weighted by Gasteiger charge is 2.31. The first-order valence-electron chi connectivity index (χ1n) is 22.2. The van der Waals surface area contributed by atoms with Gasteiger partial charge in [0.25, 0.3) is 0 Å². The lowest BCUT2D eigenvalue weighted by Crippen LogP contribution is -2.50. The summed E-state index contributed by atoms with van der Waals surface area (Å²) in [7, 11) is 5.53. The van der Waals surface area contributed by atoms with Gasteiger partial charge >= 0.3 is 17.9 Å². The molecule has 8 nitrogen and oxygen atoms in total. The summed E-state index contributed by atoms with van der Waals surface area (Å²) < 4.78 is 17.3. The van der Waals surface area contributed by atoms with Crippen molar-refractivity contribution < 1.29 is 38.2 Å². The van der Waals surface area contributed by atoms with E-state index in [2.05, 4.69) is 26.0 Å². The van der Waals surface area contributed by atoms with Crippen molar-refractivity contribution in [1.29, 1.82) is 0 Å². The lowest BCUT2D eigenvalue weighted by atomic mass is 10.0. The molecule has 0 saturated carbocycles. The monoisotopic (exact) mass is 753 g/mol. The largest absolute Gasteiger partial charge is 0.477 e. The van der Waals surface area contributed by atoms with Gasteiger partial charge in [0.15, 0.2) is 12.1 Å². The minimum absolute atomic E-state index is 0.0484. The van der Waals surface area contributed by atoms with Gasteiger partial charge in [0.05, 0.1) is 34.4 Å². The van der Waals surface area contributed by atoms with Crippen LogP contribution in [0.15, 0.2) is 12.2 Å². The minimum Gasteiger partial charge on any atom is -0.477 e. The van der Waals surface area contributed by atoms with E-state index in [4.69, 9.17) is 14.2 Å². The number of nitrogens with zero attached hydrogens (tertiary/aromatic N) is 1. The van der Waals surface area contributed by atoms with Gasteiger partial charge in [0, 0.05) is 19.3 Å². The number of esters is 2. The summed E-state index contributed by atoms with van der Waals surface area (Å²) in [5, 5.41) is 9.61. The number of carboxylic acid groups (broad SMARTS) is 1. The van der Waals surface area contributed by atoms with Crippen LogP contribution in [0.1, 0.15) is 206 Å². The summed E-state index contributed by atoms with van der Waals surface area (Å²) in [6, 6.07) is -0.611. The van der Waals surface area contributed by atoms with E-state index in [9.17, 15) is 19.5 Å². The smallest absolute Gasteiger partial charge is 0.362 e. The summed E-state index contributed by atoms with van der Waals surface area (Å²) in [4.78, 5) is 36.9. The van der Waals surface area contributed by atoms with Crippen molar-refractivity contribution in [1.82, 2.24) is 0 Å². The maximum absolute atomic E-state index is 12.7. The van der Waals surface area contributed by atoms with E-state index in [1.807, 2.05) is 21.1 Å². The topological polar surface area (TPSA) is 99.1 Å². The SMILES string of the molecule is CCCCCCCCC/C=C\CCCCCCCC(=O)OC(COCCC(C(=O)O)[N+](C)(C)C)COC(=O)CCCCCCCCCCCCCCC. The summed E-state index contributed by atoms with van der Waals surface area (Å²) in [5.74, 6) is -1.46. The standard InChI is InChI=1S/C45H85NO7/c1-6-8-10-12-14-16-18-20-21-22-24-26-28-30-32-34-36-44(48)53-41(39-51-38-37-42(45(49)50)46(3,4)5)40-52-43(47)35-33-31-29-27-25-23-19-17-15-13-11-9-7-2/h21-22,41-42H,6-20,23-40H2,1-5H3/p+1/b22-21-. The average molecular weight is 753 g/mol. The lowest BCUT2D eigenvalue weighted by molar-refractivity contribution is -0.887. The molecule has 0 aromatic rings. The zero-order valence-corrected chi connectivity index (χ0v) is 35.5. The highest BCUT2D eigenvalue weighted by Crippen LogP contribution is 2.15. The third kappa shape index (κ3) is 35.5. The van der Waals surface area contributed by atoms with Gasteiger partial charge in [-0.05, 0) is 38.5 Å². The van der Waals surface area contributed by atoms with Crippen molar-refractivity contribution in [2.45, 2.75) is 219 Å². The first-order valence-corrected chi connectivity index (χ1v) is 22.2. The van der Waals surface area contributed by atoms with Crippen LogP contribution in [0.25, 0.3) is 0 Å². The molecular formula is C45H86NO7+. The predicted molar refractivity (Wildman–Crippen MR) is 220 cm³/mol. The van der Waals surface area contributed by atoms with Gasteiger partial charge < -0.3 is 23.8 Å². The molecule has 0 aliphatic rings. The van der Waals surface area contributed by atoms with Gasteiger partial charge in [-0.15, -0.1) is 0 Å². The number of quaternary nitrogens is 1. The molecule has 0 spiro atoms. The number of ether oxygens (including phenoxy) is 3. The van der Waals surface area contributed by atoms with Crippen LogP contribution in [0, 0.1) is 0 Å². The van der Waals surface area contributed by atoms with Gasteiger partial charge in [0.1, 0.15) is 6.61 Å². The molecule has 2 unspecified atom stereocenters. The van der Waals surface area contributed by atoms with Crippen LogP contribution >= 0.6 is 0 Å². The van der Waals surface area contributed by atoms with E-state index in [0.29, 0.717) is 19.3 Å². The van der Waals surface area contributed by atoms with E-state index in [0.717, 1.165) is 51.4 Å². The van der Waals surface area contributed by atoms with Crippen LogP contribution in [0.3, 0.4) is 0 Å². The van der Waals surface area contributed by atoms with Gasteiger partial charge in [-0.2, -0.15) is 0 Å². The molecular weight excluding hydrogens is 666 g/mol. The molecule has 312 valence electrons. The fraction of sp³-hybridized carbons (Fsp3) is 0.889. The molecule has 0 radical (unpaired) electrons. The average Bonchev–Trinajstić information content (AvgIpc) is 3.11. The quantitative estimate of drug-likeness (QED) is 0.0288. The Hall–Kier alpha value is -1.93. The Labute approximate surface area is 327 Å². The van der Waals surface area contributed by atoms with Gasteiger partial charge in [-0.3, -0.25) is 9.59 Å². The maximum Gasteiger partial charge on any atom is 0.362 e. The molecule has 0 aromatic heterocycles. The predicted octanol–water partition coefficient (Wildman–Crippen LogP) is 11.9. The molecule has 0 amide bonds. The molecule has 2 atom stereocenters. The van der Waals surface area contributed by atoms with Crippen LogP contribution in [0.5, 0.6) is 0 Å². The summed E-state index contributed by atoms with van der Waals surface area (Å²) in [6.07, 6.45) is 38.2. The second-order valence-electron chi connectivity index (χ2n) is 16.3. The van der Waals surface area contributed by atoms with Crippen LogP contribution in [0.4, 0.5) is 0 Å². The summed E-state index contributed by atoms with van der Waals surface area (Å²) >= 11 is 0. The van der Waals surface area contributed by atoms with Crippen molar-refractivity contribution >= 4 is 17.9 Å². The molecule has 0 aromatic carbocycles. The highest BCUT2D eigenvalue weighted by molar-refractivity contribution is 5.72. The molecule has 0 aliphatic heterocycles. The van der Waals surface area contributed by atoms with E-state index < -0.39 is 18.1 Å². The molecule has 0 fully saturated rings. The molecule has 0 saturated heterocycles. The van der Waals surface area contributed by atoms with Crippen molar-refractivity contribution in [3.8, 4) is 0 Å². The van der Waals surface area contributed by atoms with Crippen molar-refractivity contribution in [3.05, 3.63) is 12.2 Å². The molecule has 0 heterocycles. The normalized spacial score (nSPS) is 13.0. The fourth-order valence-corrected chi connectivity index (χ4v) is 6.67. The Bertz CT molecular complexity index is 885. The van der Waals surface area contributed by atoms with E-state index in [-0.39, 0.29) is 36.2 Å². The number of hydrogen-bond acceptors (Lipinski definition) is 6. The first-order chi connectivity index (χ1) is 25.6. The van der Waals surface area contributed by atoms with E-state index in [1.165, 1.54) is 122 Å². The van der Waals surface area contributed by atoms with Crippen LogP contribution < -0.4 is 0 Å². The second kappa shape index (κ2) is 37.0. The molecule has 53 heavy (non-hydrogen) atoms. The number of likely N-dealkylation sites (N-methyl/N-ethyl adjacent to an activating group) is 1. The Morgan fingerprint density at radius 2 is 0.943 bits per heavy atom. The number of unbranched alkanes of at least 4 members (excludes halogenated alkanes) is 24. The molecule has 0 bridgehead atoms. The highest BCUT2D eigenvalue weighted by atomic mass is 16.6. The lowest BCUT2D eigenvalue weighted by Gasteiger charge is -2.31. The number of aliphatic carboxylic acids is 1. The van der Waals surface area contributed by atoms with Gasteiger partial charge in [-0.25, -0.2) is 4.79 Å². The van der Waals surface area contributed by atoms with Crippen LogP contribution in [0.2, 0.25) is 0 Å². The number of carbonyl (C=O) groups is 3. The molecule has 8 heteroatoms. The van der Waals surface area contributed by atoms with Crippen LogP contribution in [-0.4, -0.2) is 80.6 Å². The van der Waals surface area contributed by atoms with Gasteiger partial charge in [0.2, 0.25) is 0 Å². The zero-order valence-electron chi connectivity index (χ0n) is 35.5. The number of hydrogen-bond donors (Lipinski definition) is 1. The summed E-state index contributed by atoms with van der Waals surface area (Å²) in [5.41, 5.74) is 0. The summed E-state index contributed by atoms with van der Waals surface area (Å²) in [6.45, 7) is 4.74. The zero-order chi connectivity index (χ0) is 39.3. The number of carboxylic acids is 1. The Morgan fingerprint density at radius 3 is 1.36 bits per heavy atom. The van der Waals surface area contributed by atoms with E-state index in [1.54, 1.807) is 0 Å². The number of rotatable bonds is 40. The molecule has 0 aliphatic carbocycles. The maximum atomic E-state index is 12.7. The Kier molecular flexibility index (Phi) is 35.7. The van der Waals surface area contributed by atoms with Gasteiger partial charge in [-0.1, -0.05) is 161 Å². The van der Waals surface area contributed by atoms with Crippen LogP contribution in [-0.2, 0) is 28.6 Å². The van der Waals surface area contributed by atoms with Crippen molar-refractivity contribution in [3.63, 3.8) is 0 Å². The minimum atomic E-state index is -0.874. The fourth-order valence-electron chi connectivity index (χ4n) is 6.67. The first kappa shape index (κ1) is 51.1. The number of carbonyl (C=O) groups excluding carboxylic acids is 2.